The van der Waals surface area contributed by atoms with E-state index in [2.05, 4.69) is 39.2 Å². The minimum atomic E-state index is -0.147. The maximum absolute atomic E-state index is 12.8. The molecule has 150 valence electrons. The SMILES string of the molecule is CC1CCN(c2ccc(NC(=O)c3ccc4nc5ccccc5nc4c3)cc2)CC1. The molecule has 1 aliphatic rings. The van der Waals surface area contributed by atoms with E-state index in [0.717, 1.165) is 46.8 Å². The number of piperidine rings is 1. The number of fused-ring (bicyclic) bond motifs is 2. The Balaban J connectivity index is 1.33. The highest BCUT2D eigenvalue weighted by molar-refractivity contribution is 6.06. The van der Waals surface area contributed by atoms with Crippen molar-refractivity contribution in [2.45, 2.75) is 19.8 Å². The highest BCUT2D eigenvalue weighted by Crippen LogP contribution is 2.25. The van der Waals surface area contributed by atoms with Crippen molar-refractivity contribution in [2.24, 2.45) is 5.92 Å². The van der Waals surface area contributed by atoms with Crippen LogP contribution in [0.15, 0.2) is 66.7 Å². The average molecular weight is 396 g/mol. The topological polar surface area (TPSA) is 58.1 Å². The van der Waals surface area contributed by atoms with Crippen LogP contribution in [0, 0.1) is 5.92 Å². The number of hydrogen-bond acceptors (Lipinski definition) is 4. The maximum atomic E-state index is 12.8. The Morgan fingerprint density at radius 1 is 0.867 bits per heavy atom. The molecule has 1 N–H and O–H groups in total. The first-order valence-electron chi connectivity index (χ1n) is 10.5. The number of nitrogens with one attached hydrogen (secondary N) is 1. The molecule has 0 aliphatic carbocycles. The quantitative estimate of drug-likeness (QED) is 0.479. The predicted molar refractivity (Wildman–Crippen MR) is 122 cm³/mol. The van der Waals surface area contributed by atoms with Crippen molar-refractivity contribution < 1.29 is 4.79 Å². The monoisotopic (exact) mass is 396 g/mol. The van der Waals surface area contributed by atoms with Crippen molar-refractivity contribution in [1.82, 2.24) is 9.97 Å². The number of rotatable bonds is 3. The third-order valence-corrected chi connectivity index (χ3v) is 5.88. The summed E-state index contributed by atoms with van der Waals surface area (Å²) >= 11 is 0. The van der Waals surface area contributed by atoms with Crippen LogP contribution in [0.4, 0.5) is 11.4 Å². The molecule has 2 heterocycles. The molecule has 5 heteroatoms. The van der Waals surface area contributed by atoms with E-state index >= 15 is 0 Å². The summed E-state index contributed by atoms with van der Waals surface area (Å²) in [5.74, 6) is 0.663. The molecule has 1 aromatic heterocycles. The second-order valence-corrected chi connectivity index (χ2v) is 8.09. The number of hydrogen-bond donors (Lipinski definition) is 1. The number of anilines is 2. The maximum Gasteiger partial charge on any atom is 0.255 e. The van der Waals surface area contributed by atoms with Crippen LogP contribution >= 0.6 is 0 Å². The Hall–Kier alpha value is -3.47. The van der Waals surface area contributed by atoms with E-state index in [1.807, 2.05) is 42.5 Å². The standard InChI is InChI=1S/C25H24N4O/c1-17-12-14-29(15-13-17)20-9-7-19(8-10-20)26-25(30)18-6-11-23-24(16-18)28-22-5-3-2-4-21(22)27-23/h2-11,16-17H,12-15H2,1H3,(H,26,30). The molecule has 1 fully saturated rings. The van der Waals surface area contributed by atoms with Gasteiger partial charge in [0, 0.05) is 30.0 Å². The molecule has 1 aliphatic heterocycles. The Morgan fingerprint density at radius 3 is 2.20 bits per heavy atom. The molecule has 5 nitrogen and oxygen atoms in total. The molecule has 4 aromatic rings. The summed E-state index contributed by atoms with van der Waals surface area (Å²) in [4.78, 5) is 24.5. The first-order chi connectivity index (χ1) is 14.7. The minimum absolute atomic E-state index is 0.147. The third kappa shape index (κ3) is 3.71. The van der Waals surface area contributed by atoms with Gasteiger partial charge in [-0.1, -0.05) is 19.1 Å². The predicted octanol–water partition coefficient (Wildman–Crippen LogP) is 5.27. The van der Waals surface area contributed by atoms with Gasteiger partial charge >= 0.3 is 0 Å². The Kier molecular flexibility index (Phi) is 4.79. The zero-order valence-electron chi connectivity index (χ0n) is 17.0. The van der Waals surface area contributed by atoms with E-state index in [4.69, 9.17) is 0 Å². The summed E-state index contributed by atoms with van der Waals surface area (Å²) in [6, 6.07) is 21.3. The molecule has 1 saturated heterocycles. The number of carbonyl (C=O) groups excluding carboxylic acids is 1. The number of amides is 1. The van der Waals surface area contributed by atoms with Crippen LogP contribution in [0.3, 0.4) is 0 Å². The molecular weight excluding hydrogens is 372 g/mol. The Labute approximate surface area is 175 Å². The third-order valence-electron chi connectivity index (χ3n) is 5.88. The lowest BCUT2D eigenvalue weighted by atomic mass is 9.99. The summed E-state index contributed by atoms with van der Waals surface area (Å²) in [6.45, 7) is 4.51. The van der Waals surface area contributed by atoms with Gasteiger partial charge in [0.05, 0.1) is 22.1 Å². The van der Waals surface area contributed by atoms with Crippen molar-refractivity contribution in [1.29, 1.82) is 0 Å². The number of nitrogens with zero attached hydrogens (tertiary/aromatic N) is 3. The van der Waals surface area contributed by atoms with Gasteiger partial charge in [-0.3, -0.25) is 4.79 Å². The van der Waals surface area contributed by atoms with Crippen molar-refractivity contribution in [3.8, 4) is 0 Å². The summed E-state index contributed by atoms with van der Waals surface area (Å²) in [5, 5.41) is 2.99. The van der Waals surface area contributed by atoms with E-state index < -0.39 is 0 Å². The number of aromatic nitrogens is 2. The molecule has 0 unspecified atom stereocenters. The fraction of sp³-hybridized carbons (Fsp3) is 0.240. The van der Waals surface area contributed by atoms with Crippen molar-refractivity contribution >= 4 is 39.3 Å². The number of benzene rings is 3. The summed E-state index contributed by atoms with van der Waals surface area (Å²) in [5.41, 5.74) is 5.75. The normalized spacial score (nSPS) is 14.9. The van der Waals surface area contributed by atoms with Crippen LogP contribution in [0.5, 0.6) is 0 Å². The Morgan fingerprint density at radius 2 is 1.50 bits per heavy atom. The van der Waals surface area contributed by atoms with Gasteiger partial charge in [-0.2, -0.15) is 0 Å². The second kappa shape index (κ2) is 7.75. The second-order valence-electron chi connectivity index (χ2n) is 8.09. The van der Waals surface area contributed by atoms with Crippen molar-refractivity contribution in [2.75, 3.05) is 23.3 Å². The molecule has 0 radical (unpaired) electrons. The van der Waals surface area contributed by atoms with Gasteiger partial charge in [-0.15, -0.1) is 0 Å². The zero-order chi connectivity index (χ0) is 20.5. The molecule has 30 heavy (non-hydrogen) atoms. The summed E-state index contributed by atoms with van der Waals surface area (Å²) < 4.78 is 0. The van der Waals surface area contributed by atoms with Gasteiger partial charge in [0.25, 0.3) is 5.91 Å². The molecule has 0 bridgehead atoms. The molecule has 1 amide bonds. The van der Waals surface area contributed by atoms with Gasteiger partial charge < -0.3 is 10.2 Å². The van der Waals surface area contributed by atoms with Crippen molar-refractivity contribution in [3.05, 3.63) is 72.3 Å². The lowest BCUT2D eigenvalue weighted by Crippen LogP contribution is -2.32. The molecule has 0 saturated carbocycles. The molecule has 0 atom stereocenters. The van der Waals surface area contributed by atoms with Gasteiger partial charge in [0.1, 0.15) is 0 Å². The van der Waals surface area contributed by atoms with E-state index in [9.17, 15) is 4.79 Å². The van der Waals surface area contributed by atoms with Crippen LogP contribution in [0.25, 0.3) is 22.1 Å². The van der Waals surface area contributed by atoms with Crippen LogP contribution < -0.4 is 10.2 Å². The first-order valence-corrected chi connectivity index (χ1v) is 10.5. The van der Waals surface area contributed by atoms with Gasteiger partial charge in [0.2, 0.25) is 0 Å². The fourth-order valence-electron chi connectivity index (χ4n) is 3.99. The fourth-order valence-corrected chi connectivity index (χ4v) is 3.99. The lowest BCUT2D eigenvalue weighted by molar-refractivity contribution is 0.102. The van der Waals surface area contributed by atoms with Crippen LogP contribution in [0.2, 0.25) is 0 Å². The molecule has 0 spiro atoms. The van der Waals surface area contributed by atoms with Gasteiger partial charge in [-0.05, 0) is 73.4 Å². The van der Waals surface area contributed by atoms with Crippen LogP contribution in [-0.4, -0.2) is 29.0 Å². The Bertz CT molecular complexity index is 1210. The average Bonchev–Trinajstić information content (AvgIpc) is 2.78. The van der Waals surface area contributed by atoms with E-state index in [1.54, 1.807) is 12.1 Å². The van der Waals surface area contributed by atoms with Gasteiger partial charge in [-0.25, -0.2) is 9.97 Å². The van der Waals surface area contributed by atoms with Crippen LogP contribution in [-0.2, 0) is 0 Å². The number of carbonyl (C=O) groups is 1. The molecule has 5 rings (SSSR count). The van der Waals surface area contributed by atoms with E-state index in [0.29, 0.717) is 5.56 Å². The number of para-hydroxylation sites is 2. The molecular formula is C25H24N4O. The smallest absolute Gasteiger partial charge is 0.255 e. The summed E-state index contributed by atoms with van der Waals surface area (Å²) in [6.07, 6.45) is 2.47. The van der Waals surface area contributed by atoms with Crippen molar-refractivity contribution in [3.63, 3.8) is 0 Å². The first kappa shape index (κ1) is 18.6. The molecule has 3 aromatic carbocycles. The largest absolute Gasteiger partial charge is 0.372 e. The zero-order valence-corrected chi connectivity index (χ0v) is 17.0. The highest BCUT2D eigenvalue weighted by Gasteiger charge is 2.16. The summed E-state index contributed by atoms with van der Waals surface area (Å²) in [7, 11) is 0. The minimum Gasteiger partial charge on any atom is -0.372 e. The van der Waals surface area contributed by atoms with Crippen LogP contribution in [0.1, 0.15) is 30.1 Å². The van der Waals surface area contributed by atoms with Gasteiger partial charge in [0.15, 0.2) is 0 Å². The van der Waals surface area contributed by atoms with E-state index in [-0.39, 0.29) is 5.91 Å². The highest BCUT2D eigenvalue weighted by atomic mass is 16.1. The van der Waals surface area contributed by atoms with E-state index in [1.165, 1.54) is 18.5 Å². The lowest BCUT2D eigenvalue weighted by Gasteiger charge is -2.32.